The minimum atomic E-state index is -0.882. The molecule has 164 valence electrons. The second-order valence-corrected chi connectivity index (χ2v) is 7.80. The highest BCUT2D eigenvalue weighted by Gasteiger charge is 2.25. The molecule has 0 aliphatic rings. The molecule has 0 radical (unpaired) electrons. The van der Waals surface area contributed by atoms with E-state index in [4.69, 9.17) is 13.9 Å². The molecule has 32 heavy (non-hydrogen) atoms. The summed E-state index contributed by atoms with van der Waals surface area (Å²) in [4.78, 5) is 23.3. The summed E-state index contributed by atoms with van der Waals surface area (Å²) < 4.78 is 31.2. The summed E-state index contributed by atoms with van der Waals surface area (Å²) in [5, 5.41) is 18.9. The number of hydrogen-bond donors (Lipinski definition) is 0. The van der Waals surface area contributed by atoms with Crippen LogP contribution in [0.15, 0.2) is 46.9 Å². The zero-order valence-electron chi connectivity index (χ0n) is 16.9. The molecule has 0 N–H and O–H groups in total. The van der Waals surface area contributed by atoms with E-state index in [-0.39, 0.29) is 29.0 Å². The summed E-state index contributed by atoms with van der Waals surface area (Å²) in [5.74, 6) is -0.933. The molecule has 11 heteroatoms. The third-order valence-electron chi connectivity index (χ3n) is 4.63. The summed E-state index contributed by atoms with van der Waals surface area (Å²) >= 11 is 1.11. The van der Waals surface area contributed by atoms with Crippen molar-refractivity contribution < 1.29 is 28.0 Å². The van der Waals surface area contributed by atoms with Crippen molar-refractivity contribution in [3.8, 4) is 11.5 Å². The number of carbonyl (C=O) groups is 1. The van der Waals surface area contributed by atoms with E-state index in [1.54, 1.807) is 19.1 Å². The molecule has 2 aromatic carbocycles. The van der Waals surface area contributed by atoms with Crippen LogP contribution in [-0.4, -0.2) is 28.2 Å². The fourth-order valence-corrected chi connectivity index (χ4v) is 4.22. The third kappa shape index (κ3) is 4.07. The van der Waals surface area contributed by atoms with E-state index >= 15 is 0 Å². The number of fused-ring (bicyclic) bond motifs is 1. The van der Waals surface area contributed by atoms with Gasteiger partial charge < -0.3 is 13.9 Å². The number of hydrogen-bond acceptors (Lipinski definition) is 9. The molecule has 0 spiro atoms. The molecule has 0 aliphatic carbocycles. The Labute approximate surface area is 184 Å². The van der Waals surface area contributed by atoms with Crippen molar-refractivity contribution in [1.29, 1.82) is 0 Å². The fourth-order valence-electron chi connectivity index (χ4n) is 3.12. The van der Waals surface area contributed by atoms with Gasteiger partial charge in [0.2, 0.25) is 5.89 Å². The van der Waals surface area contributed by atoms with Gasteiger partial charge in [0.15, 0.2) is 6.10 Å². The number of nitrogens with zero attached hydrogens (tertiary/aromatic N) is 3. The van der Waals surface area contributed by atoms with Crippen LogP contribution >= 0.6 is 11.3 Å². The summed E-state index contributed by atoms with van der Waals surface area (Å²) in [7, 11) is 1.46. The number of non-ortho nitro benzene ring substituents is 1. The van der Waals surface area contributed by atoms with Crippen LogP contribution in [-0.2, 0) is 16.1 Å². The Kier molecular flexibility index (Phi) is 5.93. The fraction of sp³-hybridized carbons (Fsp3) is 0.190. The van der Waals surface area contributed by atoms with Crippen molar-refractivity contribution in [2.45, 2.75) is 19.6 Å². The largest absolute Gasteiger partial charge is 0.448 e. The molecule has 0 aliphatic heterocycles. The molecule has 4 aromatic rings. The second kappa shape index (κ2) is 8.81. The zero-order chi connectivity index (χ0) is 22.8. The lowest BCUT2D eigenvalue weighted by atomic mass is 10.1. The Bertz CT molecular complexity index is 1300. The van der Waals surface area contributed by atoms with Crippen molar-refractivity contribution in [1.82, 2.24) is 10.2 Å². The number of ether oxygens (including phenoxy) is 2. The average molecular weight is 457 g/mol. The smallest absolute Gasteiger partial charge is 0.349 e. The molecule has 4 rings (SSSR count). The van der Waals surface area contributed by atoms with Crippen molar-refractivity contribution >= 4 is 33.1 Å². The minimum absolute atomic E-state index is 0.0462. The normalized spacial score (nSPS) is 12.1. The number of rotatable bonds is 7. The molecule has 0 amide bonds. The van der Waals surface area contributed by atoms with Crippen molar-refractivity contribution in [3.63, 3.8) is 0 Å². The van der Waals surface area contributed by atoms with E-state index in [1.165, 1.54) is 37.4 Å². The number of nitro benzene ring substituents is 1. The van der Waals surface area contributed by atoms with Crippen LogP contribution in [0.3, 0.4) is 0 Å². The summed E-state index contributed by atoms with van der Waals surface area (Å²) in [6.07, 6.45) is -0.882. The van der Waals surface area contributed by atoms with Gasteiger partial charge in [-0.15, -0.1) is 21.5 Å². The number of thiophene rings is 1. The van der Waals surface area contributed by atoms with Crippen LogP contribution in [0, 0.1) is 15.9 Å². The topological polar surface area (TPSA) is 118 Å². The molecular weight excluding hydrogens is 441 g/mol. The van der Waals surface area contributed by atoms with Gasteiger partial charge in [0.05, 0.1) is 11.5 Å². The van der Waals surface area contributed by atoms with Gasteiger partial charge in [-0.05, 0) is 31.2 Å². The number of carbonyl (C=O) groups excluding carboxylic acids is 1. The van der Waals surface area contributed by atoms with Crippen LogP contribution in [0.2, 0.25) is 0 Å². The molecular formula is C21H16FN3O6S. The van der Waals surface area contributed by atoms with Crippen LogP contribution < -0.4 is 0 Å². The number of benzene rings is 2. The van der Waals surface area contributed by atoms with Crippen LogP contribution in [0.1, 0.15) is 34.2 Å². The van der Waals surface area contributed by atoms with Gasteiger partial charge in [0.1, 0.15) is 10.7 Å². The molecule has 2 heterocycles. The van der Waals surface area contributed by atoms with Gasteiger partial charge in [-0.2, -0.15) is 0 Å². The predicted octanol–water partition coefficient (Wildman–Crippen LogP) is 5.06. The van der Waals surface area contributed by atoms with Gasteiger partial charge in [-0.25, -0.2) is 9.18 Å². The SMILES string of the molecule is COCc1c(C(=O)O[C@@H](C)c2nnc(-c3ccc([N+](=O)[O-])cc3)o2)sc2cccc(F)c12. The Morgan fingerprint density at radius 1 is 1.25 bits per heavy atom. The molecule has 2 aromatic heterocycles. The highest BCUT2D eigenvalue weighted by atomic mass is 32.1. The summed E-state index contributed by atoms with van der Waals surface area (Å²) in [6.45, 7) is 1.61. The second-order valence-electron chi connectivity index (χ2n) is 6.75. The first-order valence-electron chi connectivity index (χ1n) is 9.37. The summed E-state index contributed by atoms with van der Waals surface area (Å²) in [5.41, 5.74) is 0.831. The van der Waals surface area contributed by atoms with Gasteiger partial charge in [-0.1, -0.05) is 6.07 Å². The molecule has 9 nitrogen and oxygen atoms in total. The highest BCUT2D eigenvalue weighted by Crippen LogP contribution is 2.35. The Morgan fingerprint density at radius 3 is 2.69 bits per heavy atom. The highest BCUT2D eigenvalue weighted by molar-refractivity contribution is 7.21. The number of aromatic nitrogens is 2. The zero-order valence-corrected chi connectivity index (χ0v) is 17.7. The predicted molar refractivity (Wildman–Crippen MR) is 113 cm³/mol. The lowest BCUT2D eigenvalue weighted by Crippen LogP contribution is -2.10. The van der Waals surface area contributed by atoms with Crippen LogP contribution in [0.5, 0.6) is 0 Å². The van der Waals surface area contributed by atoms with Gasteiger partial charge >= 0.3 is 5.97 Å². The quantitative estimate of drug-likeness (QED) is 0.215. The maximum Gasteiger partial charge on any atom is 0.349 e. The van der Waals surface area contributed by atoms with E-state index in [2.05, 4.69) is 10.2 Å². The standard InChI is InChI=1S/C21H16FN3O6S/c1-11(19-23-24-20(31-19)12-6-8-13(9-7-12)25(27)28)30-21(26)18-14(10-29-2)17-15(22)4-3-5-16(17)32-18/h3-9,11H,10H2,1-2H3/t11-/m0/s1. The number of halogens is 1. The Hall–Kier alpha value is -3.70. The molecule has 0 bridgehead atoms. The average Bonchev–Trinajstić information content (AvgIpc) is 3.40. The lowest BCUT2D eigenvalue weighted by Gasteiger charge is -2.09. The molecule has 0 saturated heterocycles. The van der Waals surface area contributed by atoms with Crippen LogP contribution in [0.25, 0.3) is 21.5 Å². The Morgan fingerprint density at radius 2 is 2.00 bits per heavy atom. The minimum Gasteiger partial charge on any atom is -0.448 e. The molecule has 0 unspecified atom stereocenters. The van der Waals surface area contributed by atoms with Crippen molar-refractivity contribution in [2.75, 3.05) is 7.11 Å². The van der Waals surface area contributed by atoms with Gasteiger partial charge in [0, 0.05) is 40.5 Å². The first-order chi connectivity index (χ1) is 15.4. The Balaban J connectivity index is 1.55. The van der Waals surface area contributed by atoms with Crippen LogP contribution in [0.4, 0.5) is 10.1 Å². The van der Waals surface area contributed by atoms with E-state index < -0.39 is 22.8 Å². The molecule has 0 saturated carbocycles. The first kappa shape index (κ1) is 21.5. The molecule has 1 atom stereocenters. The molecule has 0 fully saturated rings. The van der Waals surface area contributed by atoms with E-state index in [0.29, 0.717) is 21.2 Å². The number of methoxy groups -OCH3 is 1. The van der Waals surface area contributed by atoms with Gasteiger partial charge in [0.25, 0.3) is 11.6 Å². The maximum atomic E-state index is 14.3. The maximum absolute atomic E-state index is 14.3. The first-order valence-corrected chi connectivity index (χ1v) is 10.2. The third-order valence-corrected chi connectivity index (χ3v) is 5.81. The van der Waals surface area contributed by atoms with Crippen molar-refractivity contribution in [3.05, 3.63) is 74.7 Å². The van der Waals surface area contributed by atoms with E-state index in [1.807, 2.05) is 0 Å². The van der Waals surface area contributed by atoms with E-state index in [0.717, 1.165) is 11.3 Å². The van der Waals surface area contributed by atoms with Gasteiger partial charge in [-0.3, -0.25) is 10.1 Å². The number of nitro groups is 1. The van der Waals surface area contributed by atoms with E-state index in [9.17, 15) is 19.3 Å². The lowest BCUT2D eigenvalue weighted by molar-refractivity contribution is -0.384. The van der Waals surface area contributed by atoms with Crippen molar-refractivity contribution in [2.24, 2.45) is 0 Å². The monoisotopic (exact) mass is 457 g/mol. The summed E-state index contributed by atoms with van der Waals surface area (Å²) in [6, 6.07) is 10.2. The number of esters is 1.